The van der Waals surface area contributed by atoms with Gasteiger partial charge in [-0.1, -0.05) is 24.8 Å². The monoisotopic (exact) mass is 339 g/mol. The van der Waals surface area contributed by atoms with Gasteiger partial charge in [0.1, 0.15) is 11.5 Å². The van der Waals surface area contributed by atoms with Crippen LogP contribution in [0.4, 0.5) is 18.9 Å². The molecule has 0 spiro atoms. The number of hydrogen-bond acceptors (Lipinski definition) is 5. The van der Waals surface area contributed by atoms with Crippen molar-refractivity contribution in [1.29, 1.82) is 0 Å². The highest BCUT2D eigenvalue weighted by molar-refractivity contribution is 5.96. The molecule has 0 aliphatic heterocycles. The molecule has 9 heteroatoms. The van der Waals surface area contributed by atoms with Crippen LogP contribution in [-0.4, -0.2) is 22.6 Å². The fourth-order valence-corrected chi connectivity index (χ4v) is 2.09. The molecule has 0 saturated carbocycles. The highest BCUT2D eigenvalue weighted by Crippen LogP contribution is 2.32. The summed E-state index contributed by atoms with van der Waals surface area (Å²) in [5.74, 6) is -1.21. The summed E-state index contributed by atoms with van der Waals surface area (Å²) in [4.78, 5) is 27.4. The first-order chi connectivity index (χ1) is 11.2. The van der Waals surface area contributed by atoms with Crippen LogP contribution in [0.5, 0.6) is 0 Å². The van der Waals surface area contributed by atoms with Crippen LogP contribution in [0.2, 0.25) is 0 Å². The largest absolute Gasteiger partial charge is 0.465 e. The predicted octanol–water partition coefficient (Wildman–Crippen LogP) is 2.40. The maximum Gasteiger partial charge on any atom is 0.435 e. The van der Waals surface area contributed by atoms with Crippen LogP contribution >= 0.6 is 0 Å². The van der Waals surface area contributed by atoms with Gasteiger partial charge in [0, 0.05) is 11.8 Å². The van der Waals surface area contributed by atoms with E-state index in [9.17, 15) is 22.8 Å². The predicted molar refractivity (Wildman–Crippen MR) is 81.1 cm³/mol. The zero-order valence-electron chi connectivity index (χ0n) is 12.4. The van der Waals surface area contributed by atoms with E-state index in [1.54, 1.807) is 0 Å². The normalized spacial score (nSPS) is 11.2. The molecule has 0 amide bonds. The number of rotatable bonds is 3. The first-order valence-corrected chi connectivity index (χ1v) is 6.51. The van der Waals surface area contributed by atoms with Gasteiger partial charge in [-0.15, -0.1) is 0 Å². The highest BCUT2D eigenvalue weighted by Gasteiger charge is 2.37. The molecule has 2 rings (SSSR count). The van der Waals surface area contributed by atoms with Crippen molar-refractivity contribution in [2.75, 3.05) is 12.8 Å². The Morgan fingerprint density at radius 3 is 2.54 bits per heavy atom. The Labute approximate surface area is 134 Å². The molecule has 0 saturated heterocycles. The van der Waals surface area contributed by atoms with E-state index in [2.05, 4.69) is 16.3 Å². The maximum absolute atomic E-state index is 13.1. The van der Waals surface area contributed by atoms with Crippen LogP contribution in [-0.2, 0) is 10.9 Å². The molecule has 1 aromatic heterocycles. The van der Waals surface area contributed by atoms with Gasteiger partial charge in [0.2, 0.25) is 0 Å². The summed E-state index contributed by atoms with van der Waals surface area (Å²) in [6.45, 7) is 3.38. The van der Waals surface area contributed by atoms with Crippen LogP contribution in [0.3, 0.4) is 0 Å². The van der Waals surface area contributed by atoms with Gasteiger partial charge in [0.25, 0.3) is 5.56 Å². The third kappa shape index (κ3) is 2.87. The second-order valence-electron chi connectivity index (χ2n) is 4.59. The van der Waals surface area contributed by atoms with Crippen molar-refractivity contribution in [2.45, 2.75) is 6.18 Å². The minimum absolute atomic E-state index is 0.0214. The molecule has 0 atom stereocenters. The maximum atomic E-state index is 13.1. The zero-order valence-corrected chi connectivity index (χ0v) is 12.4. The molecule has 0 fully saturated rings. The van der Waals surface area contributed by atoms with E-state index in [1.165, 1.54) is 24.3 Å². The number of carbonyl (C=O) groups is 1. The third-order valence-electron chi connectivity index (χ3n) is 3.17. The number of hydrogen-bond donors (Lipinski definition) is 1. The van der Waals surface area contributed by atoms with E-state index >= 15 is 0 Å². The van der Waals surface area contributed by atoms with Gasteiger partial charge in [0.05, 0.1) is 12.7 Å². The number of benzene rings is 1. The first-order valence-electron chi connectivity index (χ1n) is 6.51. The minimum atomic E-state index is -4.93. The number of anilines is 1. The fourth-order valence-electron chi connectivity index (χ4n) is 2.09. The van der Waals surface area contributed by atoms with Gasteiger partial charge in [-0.2, -0.15) is 13.2 Å². The van der Waals surface area contributed by atoms with Crippen molar-refractivity contribution >= 4 is 17.9 Å². The number of halogens is 3. The Bertz CT molecular complexity index is 872. The lowest BCUT2D eigenvalue weighted by Crippen LogP contribution is -2.28. The molecular formula is C15H12F3N3O3. The lowest BCUT2D eigenvalue weighted by Gasteiger charge is -2.15. The Kier molecular flexibility index (Phi) is 4.45. The summed E-state index contributed by atoms with van der Waals surface area (Å²) in [6.07, 6.45) is -3.96. The van der Waals surface area contributed by atoms with Gasteiger partial charge in [-0.3, -0.25) is 9.36 Å². The second kappa shape index (κ2) is 6.19. The standard InChI is InChI=1S/C15H12F3N3O3/c1-3-21-12(8-6-4-5-7-9(8)14(23)24-2)20-11(15(16,17)18)10(19)13(21)22/h3-7H,1,19H2,2H3. The van der Waals surface area contributed by atoms with Crippen molar-refractivity contribution in [3.8, 4) is 11.4 Å². The SMILES string of the molecule is C=Cn1c(-c2ccccc2C(=O)OC)nc(C(F)(F)F)c(N)c1=O. The number of carbonyl (C=O) groups excluding carboxylic acids is 1. The smallest absolute Gasteiger partial charge is 0.435 e. The van der Waals surface area contributed by atoms with Gasteiger partial charge in [0.15, 0.2) is 5.69 Å². The molecular weight excluding hydrogens is 327 g/mol. The average Bonchev–Trinajstić information content (AvgIpc) is 2.55. The van der Waals surface area contributed by atoms with Crippen molar-refractivity contribution in [3.05, 3.63) is 52.5 Å². The fraction of sp³-hybridized carbons (Fsp3) is 0.133. The number of nitrogen functional groups attached to an aromatic ring is 1. The Hall–Kier alpha value is -3.10. The molecule has 0 bridgehead atoms. The van der Waals surface area contributed by atoms with Crippen molar-refractivity contribution in [1.82, 2.24) is 9.55 Å². The van der Waals surface area contributed by atoms with Crippen LogP contribution in [0.1, 0.15) is 16.1 Å². The van der Waals surface area contributed by atoms with E-state index in [-0.39, 0.29) is 11.1 Å². The summed E-state index contributed by atoms with van der Waals surface area (Å²) in [5.41, 5.74) is 1.47. The lowest BCUT2D eigenvalue weighted by molar-refractivity contribution is -0.140. The molecule has 6 nitrogen and oxygen atoms in total. The molecule has 0 aliphatic carbocycles. The molecule has 1 heterocycles. The number of alkyl halides is 3. The summed E-state index contributed by atoms with van der Waals surface area (Å²) in [7, 11) is 1.12. The van der Waals surface area contributed by atoms with Crippen molar-refractivity contribution in [2.24, 2.45) is 0 Å². The lowest BCUT2D eigenvalue weighted by atomic mass is 10.1. The molecule has 0 aliphatic rings. The number of nitrogens with two attached hydrogens (primary N) is 1. The Morgan fingerprint density at radius 2 is 2.00 bits per heavy atom. The van der Waals surface area contributed by atoms with Crippen LogP contribution in [0.25, 0.3) is 17.6 Å². The number of nitrogens with zero attached hydrogens (tertiary/aromatic N) is 2. The molecule has 2 N–H and O–H groups in total. The van der Waals surface area contributed by atoms with E-state index in [0.29, 0.717) is 0 Å². The Morgan fingerprint density at radius 1 is 1.38 bits per heavy atom. The topological polar surface area (TPSA) is 87.2 Å². The Balaban J connectivity index is 2.90. The van der Waals surface area contributed by atoms with E-state index in [4.69, 9.17) is 5.73 Å². The summed E-state index contributed by atoms with van der Waals surface area (Å²) in [5, 5.41) is 0. The van der Waals surface area contributed by atoms with Crippen LogP contribution in [0, 0.1) is 0 Å². The molecule has 1 aromatic carbocycles. The van der Waals surface area contributed by atoms with Gasteiger partial charge in [-0.05, 0) is 6.07 Å². The quantitative estimate of drug-likeness (QED) is 0.868. The van der Waals surface area contributed by atoms with Crippen LogP contribution < -0.4 is 11.3 Å². The third-order valence-corrected chi connectivity index (χ3v) is 3.17. The zero-order chi connectivity index (χ0) is 18.1. The average molecular weight is 339 g/mol. The molecule has 126 valence electrons. The van der Waals surface area contributed by atoms with Crippen molar-refractivity contribution < 1.29 is 22.7 Å². The number of aromatic nitrogens is 2. The van der Waals surface area contributed by atoms with Gasteiger partial charge < -0.3 is 10.5 Å². The number of methoxy groups -OCH3 is 1. The van der Waals surface area contributed by atoms with E-state index < -0.39 is 34.9 Å². The van der Waals surface area contributed by atoms with E-state index in [0.717, 1.165) is 17.9 Å². The van der Waals surface area contributed by atoms with E-state index in [1.807, 2.05) is 0 Å². The van der Waals surface area contributed by atoms with Gasteiger partial charge in [-0.25, -0.2) is 9.78 Å². The molecule has 2 aromatic rings. The first kappa shape index (κ1) is 17.3. The van der Waals surface area contributed by atoms with Gasteiger partial charge >= 0.3 is 12.1 Å². The summed E-state index contributed by atoms with van der Waals surface area (Å²) < 4.78 is 44.6. The van der Waals surface area contributed by atoms with Crippen molar-refractivity contribution in [3.63, 3.8) is 0 Å². The molecule has 0 radical (unpaired) electrons. The molecule has 0 unspecified atom stereocenters. The number of ether oxygens (including phenoxy) is 1. The number of esters is 1. The second-order valence-corrected chi connectivity index (χ2v) is 4.59. The van der Waals surface area contributed by atoms with Crippen LogP contribution in [0.15, 0.2) is 35.6 Å². The highest BCUT2D eigenvalue weighted by atomic mass is 19.4. The molecule has 24 heavy (non-hydrogen) atoms. The summed E-state index contributed by atoms with van der Waals surface area (Å²) in [6, 6.07) is 5.65. The summed E-state index contributed by atoms with van der Waals surface area (Å²) >= 11 is 0. The minimum Gasteiger partial charge on any atom is -0.465 e.